The standard InChI is InChI=1S/C18H18O2/c1-12-8-9-14(16(19)10-12)17(20)15-11-18(15,2)13-6-4-3-5-7-13/h3-10,15,19H,11H2,1-2H3/t15-,18-/m1/s1. The summed E-state index contributed by atoms with van der Waals surface area (Å²) in [4.78, 5) is 12.6. The normalized spacial score (nSPS) is 24.4. The van der Waals surface area contributed by atoms with Crippen molar-refractivity contribution in [3.63, 3.8) is 0 Å². The van der Waals surface area contributed by atoms with Gasteiger partial charge in [0.1, 0.15) is 5.75 Å². The molecule has 102 valence electrons. The van der Waals surface area contributed by atoms with Crippen LogP contribution in [-0.4, -0.2) is 10.9 Å². The molecule has 1 fully saturated rings. The second kappa shape index (κ2) is 4.48. The first-order chi connectivity index (χ1) is 9.52. The topological polar surface area (TPSA) is 37.3 Å². The minimum Gasteiger partial charge on any atom is -0.507 e. The molecule has 20 heavy (non-hydrogen) atoms. The highest BCUT2D eigenvalue weighted by Gasteiger charge is 2.55. The predicted molar refractivity (Wildman–Crippen MR) is 79.1 cm³/mol. The zero-order valence-corrected chi connectivity index (χ0v) is 11.8. The van der Waals surface area contributed by atoms with Gasteiger partial charge in [-0.15, -0.1) is 0 Å². The van der Waals surface area contributed by atoms with Crippen LogP contribution in [0.4, 0.5) is 0 Å². The van der Waals surface area contributed by atoms with Crippen molar-refractivity contribution >= 4 is 5.78 Å². The third kappa shape index (κ3) is 2.01. The van der Waals surface area contributed by atoms with E-state index in [0.717, 1.165) is 12.0 Å². The van der Waals surface area contributed by atoms with Gasteiger partial charge in [0.25, 0.3) is 0 Å². The highest BCUT2D eigenvalue weighted by Crippen LogP contribution is 2.55. The molecule has 1 N–H and O–H groups in total. The molecule has 2 aromatic rings. The number of hydrogen-bond acceptors (Lipinski definition) is 2. The molecule has 0 unspecified atom stereocenters. The van der Waals surface area contributed by atoms with Gasteiger partial charge in [-0.25, -0.2) is 0 Å². The van der Waals surface area contributed by atoms with Gasteiger partial charge in [-0.2, -0.15) is 0 Å². The van der Waals surface area contributed by atoms with Crippen LogP contribution in [0.3, 0.4) is 0 Å². The summed E-state index contributed by atoms with van der Waals surface area (Å²) in [7, 11) is 0. The Morgan fingerprint density at radius 2 is 1.90 bits per heavy atom. The van der Waals surface area contributed by atoms with Crippen LogP contribution in [0, 0.1) is 12.8 Å². The van der Waals surface area contributed by atoms with Crippen molar-refractivity contribution in [1.82, 2.24) is 0 Å². The second-order valence-electron chi connectivity index (χ2n) is 5.93. The van der Waals surface area contributed by atoms with Gasteiger partial charge in [0.2, 0.25) is 0 Å². The average molecular weight is 266 g/mol. The molecular weight excluding hydrogens is 248 g/mol. The van der Waals surface area contributed by atoms with E-state index in [1.807, 2.05) is 31.2 Å². The van der Waals surface area contributed by atoms with E-state index in [1.165, 1.54) is 5.56 Å². The van der Waals surface area contributed by atoms with Crippen LogP contribution in [0.1, 0.15) is 34.8 Å². The molecule has 1 saturated carbocycles. The molecule has 2 nitrogen and oxygen atoms in total. The summed E-state index contributed by atoms with van der Waals surface area (Å²) < 4.78 is 0. The molecule has 0 aliphatic heterocycles. The summed E-state index contributed by atoms with van der Waals surface area (Å²) in [6, 6.07) is 15.4. The fraction of sp³-hybridized carbons (Fsp3) is 0.278. The SMILES string of the molecule is Cc1ccc(C(=O)[C@H]2C[C@]2(C)c2ccccc2)c(O)c1. The van der Waals surface area contributed by atoms with Gasteiger partial charge in [-0.05, 0) is 36.6 Å². The van der Waals surface area contributed by atoms with Gasteiger partial charge >= 0.3 is 0 Å². The van der Waals surface area contributed by atoms with Crippen LogP contribution in [-0.2, 0) is 5.41 Å². The summed E-state index contributed by atoms with van der Waals surface area (Å²) in [5.74, 6) is 0.115. The quantitative estimate of drug-likeness (QED) is 0.856. The number of phenolic OH excluding ortho intramolecular Hbond substituents is 1. The lowest BCUT2D eigenvalue weighted by Crippen LogP contribution is -2.12. The molecule has 0 saturated heterocycles. The van der Waals surface area contributed by atoms with Crippen LogP contribution < -0.4 is 0 Å². The first-order valence-corrected chi connectivity index (χ1v) is 6.92. The molecule has 2 atom stereocenters. The Labute approximate surface area is 119 Å². The van der Waals surface area contributed by atoms with Gasteiger partial charge in [-0.3, -0.25) is 4.79 Å². The van der Waals surface area contributed by atoms with Crippen molar-refractivity contribution in [2.45, 2.75) is 25.7 Å². The maximum atomic E-state index is 12.6. The van der Waals surface area contributed by atoms with Crippen molar-refractivity contribution in [2.24, 2.45) is 5.92 Å². The molecule has 1 aliphatic rings. The van der Waals surface area contributed by atoms with Gasteiger partial charge in [-0.1, -0.05) is 43.3 Å². The van der Waals surface area contributed by atoms with E-state index in [4.69, 9.17) is 0 Å². The third-order valence-corrected chi connectivity index (χ3v) is 4.41. The number of Topliss-reactive ketones (excluding diaryl/α,β-unsaturated/α-hetero) is 1. The van der Waals surface area contributed by atoms with Gasteiger partial charge in [0, 0.05) is 11.3 Å². The van der Waals surface area contributed by atoms with Crippen LogP contribution in [0.15, 0.2) is 48.5 Å². The Kier molecular flexibility index (Phi) is 2.89. The van der Waals surface area contributed by atoms with E-state index < -0.39 is 0 Å². The first-order valence-electron chi connectivity index (χ1n) is 6.92. The number of ketones is 1. The average Bonchev–Trinajstić information content (AvgIpc) is 3.13. The number of phenols is 1. The Balaban J connectivity index is 1.87. The van der Waals surface area contributed by atoms with Crippen LogP contribution in [0.25, 0.3) is 0 Å². The van der Waals surface area contributed by atoms with Gasteiger partial charge in [0.15, 0.2) is 5.78 Å². The number of carbonyl (C=O) groups is 1. The minimum absolute atomic E-state index is 0.0292. The smallest absolute Gasteiger partial charge is 0.170 e. The summed E-state index contributed by atoms with van der Waals surface area (Å²) in [5, 5.41) is 9.96. The van der Waals surface area contributed by atoms with E-state index in [-0.39, 0.29) is 22.9 Å². The second-order valence-corrected chi connectivity index (χ2v) is 5.93. The monoisotopic (exact) mass is 266 g/mol. The van der Waals surface area contributed by atoms with E-state index in [9.17, 15) is 9.90 Å². The number of aryl methyl sites for hydroxylation is 1. The molecule has 2 heteroatoms. The molecular formula is C18H18O2. The van der Waals surface area contributed by atoms with Gasteiger partial charge in [0.05, 0.1) is 5.56 Å². The fourth-order valence-electron chi connectivity index (χ4n) is 2.92. The molecule has 0 amide bonds. The molecule has 3 rings (SSSR count). The summed E-state index contributed by atoms with van der Waals surface area (Å²) >= 11 is 0. The Morgan fingerprint density at radius 3 is 2.55 bits per heavy atom. The van der Waals surface area contributed by atoms with Crippen LogP contribution in [0.2, 0.25) is 0 Å². The number of rotatable bonds is 3. The fourth-order valence-corrected chi connectivity index (χ4v) is 2.92. The third-order valence-electron chi connectivity index (χ3n) is 4.41. The largest absolute Gasteiger partial charge is 0.507 e. The lowest BCUT2D eigenvalue weighted by atomic mass is 9.92. The Morgan fingerprint density at radius 1 is 1.20 bits per heavy atom. The Hall–Kier alpha value is -2.09. The lowest BCUT2D eigenvalue weighted by Gasteiger charge is -2.12. The predicted octanol–water partition coefficient (Wildman–Crippen LogP) is 3.86. The van der Waals surface area contributed by atoms with E-state index in [0.29, 0.717) is 5.56 Å². The number of hydrogen-bond donors (Lipinski definition) is 1. The summed E-state index contributed by atoms with van der Waals surface area (Å²) in [5.41, 5.74) is 2.52. The van der Waals surface area contributed by atoms with Crippen molar-refractivity contribution in [1.29, 1.82) is 0 Å². The molecule has 1 aliphatic carbocycles. The highest BCUT2D eigenvalue weighted by molar-refractivity contribution is 6.03. The molecule has 0 spiro atoms. The maximum absolute atomic E-state index is 12.6. The maximum Gasteiger partial charge on any atom is 0.170 e. The molecule has 0 aromatic heterocycles. The molecule has 0 radical (unpaired) electrons. The number of carbonyl (C=O) groups excluding carboxylic acids is 1. The van der Waals surface area contributed by atoms with Crippen molar-refractivity contribution < 1.29 is 9.90 Å². The van der Waals surface area contributed by atoms with E-state index in [2.05, 4.69) is 19.1 Å². The van der Waals surface area contributed by atoms with E-state index in [1.54, 1.807) is 12.1 Å². The highest BCUT2D eigenvalue weighted by atomic mass is 16.3. The van der Waals surface area contributed by atoms with Crippen molar-refractivity contribution in [2.75, 3.05) is 0 Å². The molecule has 0 bridgehead atoms. The number of aromatic hydroxyl groups is 1. The van der Waals surface area contributed by atoms with E-state index >= 15 is 0 Å². The Bertz CT molecular complexity index is 660. The summed E-state index contributed by atoms with van der Waals surface area (Å²) in [6.45, 7) is 4.02. The summed E-state index contributed by atoms with van der Waals surface area (Å²) in [6.07, 6.45) is 0.850. The first kappa shape index (κ1) is 12.9. The molecule has 0 heterocycles. The number of benzene rings is 2. The van der Waals surface area contributed by atoms with Crippen molar-refractivity contribution in [3.05, 3.63) is 65.2 Å². The van der Waals surface area contributed by atoms with Crippen molar-refractivity contribution in [3.8, 4) is 5.75 Å². The zero-order valence-electron chi connectivity index (χ0n) is 11.8. The van der Waals surface area contributed by atoms with Gasteiger partial charge < -0.3 is 5.11 Å². The van der Waals surface area contributed by atoms with Crippen LogP contribution >= 0.6 is 0 Å². The zero-order chi connectivity index (χ0) is 14.3. The van der Waals surface area contributed by atoms with Crippen LogP contribution in [0.5, 0.6) is 5.75 Å². The lowest BCUT2D eigenvalue weighted by molar-refractivity contribution is 0.0956. The molecule has 2 aromatic carbocycles. The minimum atomic E-state index is -0.0876.